The van der Waals surface area contributed by atoms with Gasteiger partial charge in [-0.25, -0.2) is 0 Å². The molecule has 8 nitrogen and oxygen atoms in total. The van der Waals surface area contributed by atoms with E-state index in [2.05, 4.69) is 20.8 Å². The van der Waals surface area contributed by atoms with Crippen molar-refractivity contribution in [3.8, 4) is 0 Å². The van der Waals surface area contributed by atoms with Crippen LogP contribution in [-0.4, -0.2) is 46.8 Å². The minimum absolute atomic E-state index is 0.0266. The molecule has 2 aromatic heterocycles. The number of amides is 2. The average molecular weight is 399 g/mol. The van der Waals surface area contributed by atoms with Crippen molar-refractivity contribution >= 4 is 33.2 Å². The fourth-order valence-electron chi connectivity index (χ4n) is 3.35. The standard InChI is InChI=1S/C19H21N5O3S/c1-27-8-2-7-24-11-22-23-16(24)10-21-18(25)12-3-4-15-14(9-12)13-5-6-20-19(26)17(13)28-15/h3-4,9,11H,2,5-8,10H2,1H3,(H,20,26)(H,21,25). The van der Waals surface area contributed by atoms with Crippen LogP contribution in [0.25, 0.3) is 10.1 Å². The summed E-state index contributed by atoms with van der Waals surface area (Å²) >= 11 is 1.48. The number of methoxy groups -OCH3 is 1. The Kier molecular flexibility index (Phi) is 5.36. The third-order valence-electron chi connectivity index (χ3n) is 4.77. The van der Waals surface area contributed by atoms with E-state index in [0.29, 0.717) is 31.1 Å². The van der Waals surface area contributed by atoms with Gasteiger partial charge in [-0.2, -0.15) is 0 Å². The Morgan fingerprint density at radius 2 is 2.32 bits per heavy atom. The van der Waals surface area contributed by atoms with Crippen molar-refractivity contribution in [2.45, 2.75) is 25.9 Å². The topological polar surface area (TPSA) is 98.1 Å². The molecule has 1 aliphatic heterocycles. The van der Waals surface area contributed by atoms with Gasteiger partial charge in [-0.3, -0.25) is 9.59 Å². The van der Waals surface area contributed by atoms with E-state index in [4.69, 9.17) is 4.74 Å². The number of aryl methyl sites for hydroxylation is 1. The van der Waals surface area contributed by atoms with Gasteiger partial charge in [0.1, 0.15) is 6.33 Å². The Morgan fingerprint density at radius 3 is 3.18 bits per heavy atom. The van der Waals surface area contributed by atoms with Crippen molar-refractivity contribution in [3.63, 3.8) is 0 Å². The van der Waals surface area contributed by atoms with E-state index in [0.717, 1.165) is 39.9 Å². The summed E-state index contributed by atoms with van der Waals surface area (Å²) in [6, 6.07) is 5.58. The van der Waals surface area contributed by atoms with Gasteiger partial charge in [-0.15, -0.1) is 21.5 Å². The molecule has 0 saturated heterocycles. The summed E-state index contributed by atoms with van der Waals surface area (Å²) in [7, 11) is 1.67. The van der Waals surface area contributed by atoms with Gasteiger partial charge in [-0.05, 0) is 42.0 Å². The quantitative estimate of drug-likeness (QED) is 0.590. The van der Waals surface area contributed by atoms with Crippen LogP contribution in [0.5, 0.6) is 0 Å². The van der Waals surface area contributed by atoms with Crippen LogP contribution in [-0.2, 0) is 24.2 Å². The molecule has 0 saturated carbocycles. The third-order valence-corrected chi connectivity index (χ3v) is 5.98. The van der Waals surface area contributed by atoms with Gasteiger partial charge < -0.3 is 19.9 Å². The molecule has 146 valence electrons. The van der Waals surface area contributed by atoms with Gasteiger partial charge in [0.15, 0.2) is 5.82 Å². The van der Waals surface area contributed by atoms with Crippen molar-refractivity contribution in [2.24, 2.45) is 0 Å². The third kappa shape index (κ3) is 3.63. The second-order valence-electron chi connectivity index (χ2n) is 6.60. The largest absolute Gasteiger partial charge is 0.385 e. The maximum absolute atomic E-state index is 12.6. The van der Waals surface area contributed by atoms with E-state index < -0.39 is 0 Å². The van der Waals surface area contributed by atoms with Crippen LogP contribution in [0, 0.1) is 0 Å². The number of hydrogen-bond acceptors (Lipinski definition) is 6. The molecule has 0 bridgehead atoms. The summed E-state index contributed by atoms with van der Waals surface area (Å²) in [6.07, 6.45) is 3.30. The fourth-order valence-corrected chi connectivity index (χ4v) is 4.49. The summed E-state index contributed by atoms with van der Waals surface area (Å²) in [5, 5.41) is 14.8. The minimum atomic E-state index is -0.173. The number of benzene rings is 1. The van der Waals surface area contributed by atoms with E-state index in [9.17, 15) is 9.59 Å². The Bertz CT molecular complexity index is 1030. The molecular weight excluding hydrogens is 378 g/mol. The van der Waals surface area contributed by atoms with Crippen molar-refractivity contribution in [1.82, 2.24) is 25.4 Å². The van der Waals surface area contributed by atoms with Crippen molar-refractivity contribution in [2.75, 3.05) is 20.3 Å². The lowest BCUT2D eigenvalue weighted by molar-refractivity contribution is 0.0942. The van der Waals surface area contributed by atoms with E-state index in [1.165, 1.54) is 11.3 Å². The Balaban J connectivity index is 1.48. The van der Waals surface area contributed by atoms with Gasteiger partial charge in [0.25, 0.3) is 11.8 Å². The lowest BCUT2D eigenvalue weighted by Crippen LogP contribution is -2.30. The van der Waals surface area contributed by atoms with Crippen molar-refractivity contribution < 1.29 is 14.3 Å². The molecule has 2 N–H and O–H groups in total. The SMILES string of the molecule is COCCCn1cnnc1CNC(=O)c1ccc2sc3c(c2c1)CCNC3=O. The maximum atomic E-state index is 12.6. The van der Waals surface area contributed by atoms with Crippen LogP contribution in [0.3, 0.4) is 0 Å². The average Bonchev–Trinajstić information content (AvgIpc) is 3.31. The lowest BCUT2D eigenvalue weighted by atomic mass is 10.0. The summed E-state index contributed by atoms with van der Waals surface area (Å²) in [6.45, 7) is 2.33. The van der Waals surface area contributed by atoms with E-state index >= 15 is 0 Å². The fraction of sp³-hybridized carbons (Fsp3) is 0.368. The predicted octanol–water partition coefficient (Wildman–Crippen LogP) is 1.75. The van der Waals surface area contributed by atoms with Gasteiger partial charge in [0.05, 0.1) is 11.4 Å². The number of rotatable bonds is 7. The molecule has 3 aromatic rings. The number of ether oxygens (including phenoxy) is 1. The van der Waals surface area contributed by atoms with Gasteiger partial charge in [0, 0.05) is 37.1 Å². The normalized spacial score (nSPS) is 13.4. The highest BCUT2D eigenvalue weighted by atomic mass is 32.1. The molecule has 0 atom stereocenters. The van der Waals surface area contributed by atoms with Gasteiger partial charge >= 0.3 is 0 Å². The second kappa shape index (κ2) is 8.07. The summed E-state index contributed by atoms with van der Waals surface area (Å²) in [4.78, 5) is 25.4. The number of fused-ring (bicyclic) bond motifs is 3. The van der Waals surface area contributed by atoms with Gasteiger partial charge in [0.2, 0.25) is 0 Å². The van der Waals surface area contributed by atoms with E-state index in [1.54, 1.807) is 19.5 Å². The zero-order valence-corrected chi connectivity index (χ0v) is 16.3. The molecule has 1 aliphatic rings. The van der Waals surface area contributed by atoms with Crippen LogP contribution in [0.1, 0.15) is 37.8 Å². The monoisotopic (exact) mass is 399 g/mol. The highest BCUT2D eigenvalue weighted by Crippen LogP contribution is 2.33. The molecule has 2 amide bonds. The Labute approximate surface area is 165 Å². The summed E-state index contributed by atoms with van der Waals surface area (Å²) in [5.74, 6) is 0.505. The van der Waals surface area contributed by atoms with Crippen molar-refractivity contribution in [3.05, 3.63) is 46.4 Å². The lowest BCUT2D eigenvalue weighted by Gasteiger charge is -2.12. The molecule has 4 rings (SSSR count). The zero-order valence-electron chi connectivity index (χ0n) is 15.5. The molecule has 0 unspecified atom stereocenters. The number of thiophene rings is 1. The number of nitrogens with one attached hydrogen (secondary N) is 2. The maximum Gasteiger partial charge on any atom is 0.261 e. The number of aromatic nitrogens is 3. The molecular formula is C19H21N5O3S. The highest BCUT2D eigenvalue weighted by Gasteiger charge is 2.22. The molecule has 0 aliphatic carbocycles. The first-order valence-corrected chi connectivity index (χ1v) is 9.96. The minimum Gasteiger partial charge on any atom is -0.385 e. The smallest absolute Gasteiger partial charge is 0.261 e. The highest BCUT2D eigenvalue weighted by molar-refractivity contribution is 7.21. The molecule has 9 heteroatoms. The predicted molar refractivity (Wildman–Crippen MR) is 106 cm³/mol. The van der Waals surface area contributed by atoms with E-state index in [-0.39, 0.29) is 11.8 Å². The molecule has 1 aromatic carbocycles. The molecule has 0 spiro atoms. The first kappa shape index (κ1) is 18.6. The molecule has 0 radical (unpaired) electrons. The molecule has 28 heavy (non-hydrogen) atoms. The Morgan fingerprint density at radius 1 is 1.43 bits per heavy atom. The number of nitrogens with zero attached hydrogens (tertiary/aromatic N) is 3. The van der Waals surface area contributed by atoms with Crippen molar-refractivity contribution in [1.29, 1.82) is 0 Å². The number of carbonyl (C=O) groups excluding carboxylic acids is 2. The molecule has 3 heterocycles. The van der Waals surface area contributed by atoms with Gasteiger partial charge in [-0.1, -0.05) is 0 Å². The summed E-state index contributed by atoms with van der Waals surface area (Å²) in [5.41, 5.74) is 1.61. The zero-order chi connectivity index (χ0) is 19.5. The number of hydrogen-bond donors (Lipinski definition) is 2. The van der Waals surface area contributed by atoms with Crippen LogP contribution in [0.4, 0.5) is 0 Å². The number of carbonyl (C=O) groups is 2. The van der Waals surface area contributed by atoms with Crippen LogP contribution in [0.2, 0.25) is 0 Å². The van der Waals surface area contributed by atoms with Crippen LogP contribution < -0.4 is 10.6 Å². The van der Waals surface area contributed by atoms with Crippen LogP contribution in [0.15, 0.2) is 24.5 Å². The van der Waals surface area contributed by atoms with Crippen LogP contribution >= 0.6 is 11.3 Å². The first-order chi connectivity index (χ1) is 13.7. The summed E-state index contributed by atoms with van der Waals surface area (Å²) < 4.78 is 8.00. The second-order valence-corrected chi connectivity index (χ2v) is 7.65. The first-order valence-electron chi connectivity index (χ1n) is 9.15. The van der Waals surface area contributed by atoms with E-state index in [1.807, 2.05) is 16.7 Å². The Hall–Kier alpha value is -2.78. The molecule has 0 fully saturated rings.